The first-order valence-electron chi connectivity index (χ1n) is 5.96. The van der Waals surface area contributed by atoms with E-state index in [9.17, 15) is 9.36 Å². The molecule has 0 bridgehead atoms. The second-order valence-corrected chi connectivity index (χ2v) is 5.93. The van der Waals surface area contributed by atoms with Crippen LogP contribution in [0.15, 0.2) is 29.5 Å². The van der Waals surface area contributed by atoms with Crippen LogP contribution in [-0.4, -0.2) is 29.9 Å². The Kier molecular flexibility index (Phi) is 6.18. The molecule has 0 radical (unpaired) electrons. The molecule has 0 aliphatic rings. The lowest BCUT2D eigenvalue weighted by Crippen LogP contribution is -2.28. The molecule has 0 amide bonds. The Bertz CT molecular complexity index is 545. The molecule has 2 unspecified atom stereocenters. The van der Waals surface area contributed by atoms with E-state index < -0.39 is 19.1 Å². The van der Waals surface area contributed by atoms with Gasteiger partial charge in [0.1, 0.15) is 5.44 Å². The van der Waals surface area contributed by atoms with Gasteiger partial charge in [0.15, 0.2) is 0 Å². The number of rotatable bonds is 7. The molecule has 0 saturated heterocycles. The van der Waals surface area contributed by atoms with Gasteiger partial charge in [0, 0.05) is 11.1 Å². The molecule has 0 aromatic carbocycles. The first kappa shape index (κ1) is 16.2. The van der Waals surface area contributed by atoms with Gasteiger partial charge in [0.05, 0.1) is 13.2 Å². The third kappa shape index (κ3) is 3.57. The number of esters is 1. The Morgan fingerprint density at radius 2 is 2.25 bits per heavy atom. The number of nitrogens with zero attached hydrogens (tertiary/aromatic N) is 4. The number of carbonyl (C=O) groups is 1. The average Bonchev–Trinajstić information content (AvgIpc) is 2.46. The molecule has 108 valence electrons. The van der Waals surface area contributed by atoms with E-state index >= 15 is 0 Å². The molecule has 20 heavy (non-hydrogen) atoms. The molecular weight excluding hydrogens is 283 g/mol. The van der Waals surface area contributed by atoms with Gasteiger partial charge >= 0.3 is 5.97 Å². The number of hydrogen-bond acceptors (Lipinski definition) is 6. The second kappa shape index (κ2) is 7.65. The highest BCUT2D eigenvalue weighted by molar-refractivity contribution is 7.68. The first-order valence-corrected chi connectivity index (χ1v) is 7.66. The summed E-state index contributed by atoms with van der Waals surface area (Å²) in [4.78, 5) is 18.4. The predicted molar refractivity (Wildman–Crippen MR) is 72.7 cm³/mol. The average molecular weight is 298 g/mol. The van der Waals surface area contributed by atoms with Crippen molar-refractivity contribution in [2.45, 2.75) is 19.6 Å². The quantitative estimate of drug-likeness (QED) is 0.252. The van der Waals surface area contributed by atoms with Crippen molar-refractivity contribution in [2.75, 3.05) is 13.2 Å². The van der Waals surface area contributed by atoms with Crippen LogP contribution < -0.4 is 5.44 Å². The summed E-state index contributed by atoms with van der Waals surface area (Å²) in [6.45, 7) is 3.36. The van der Waals surface area contributed by atoms with E-state index in [4.69, 9.17) is 14.8 Å². The summed E-state index contributed by atoms with van der Waals surface area (Å²) < 4.78 is 23.0. The van der Waals surface area contributed by atoms with Gasteiger partial charge in [-0.1, -0.05) is 11.2 Å². The maximum Gasteiger partial charge on any atom is 0.325 e. The summed E-state index contributed by atoms with van der Waals surface area (Å²) in [5, 5.41) is 3.29. The van der Waals surface area contributed by atoms with Gasteiger partial charge in [-0.2, -0.15) is 0 Å². The van der Waals surface area contributed by atoms with Crippen molar-refractivity contribution in [3.8, 4) is 0 Å². The van der Waals surface area contributed by atoms with Crippen LogP contribution in [0.3, 0.4) is 0 Å². The highest BCUT2D eigenvalue weighted by Crippen LogP contribution is 2.51. The minimum atomic E-state index is -3.79. The lowest BCUT2D eigenvalue weighted by Gasteiger charge is -2.21. The SMILES string of the molecule is CCOC(=O)C(N=[N+]=[N-])P(=O)(OCC)c1ccccn1. The molecule has 1 heterocycles. The van der Waals surface area contributed by atoms with Gasteiger partial charge in [-0.15, -0.1) is 0 Å². The van der Waals surface area contributed by atoms with Crippen molar-refractivity contribution in [1.82, 2.24) is 4.98 Å². The van der Waals surface area contributed by atoms with E-state index in [1.807, 2.05) is 0 Å². The summed E-state index contributed by atoms with van der Waals surface area (Å²) in [7, 11) is -3.79. The van der Waals surface area contributed by atoms with E-state index in [1.54, 1.807) is 26.0 Å². The lowest BCUT2D eigenvalue weighted by atomic mass is 10.5. The summed E-state index contributed by atoms with van der Waals surface area (Å²) in [5.41, 5.74) is 8.65. The van der Waals surface area contributed by atoms with Crippen LogP contribution in [-0.2, 0) is 18.6 Å². The Morgan fingerprint density at radius 3 is 2.75 bits per heavy atom. The highest BCUT2D eigenvalue weighted by atomic mass is 31.2. The van der Waals surface area contributed by atoms with Gasteiger partial charge < -0.3 is 9.26 Å². The molecule has 1 aromatic rings. The largest absolute Gasteiger partial charge is 0.465 e. The molecule has 0 aliphatic heterocycles. The molecule has 0 N–H and O–H groups in total. The van der Waals surface area contributed by atoms with Crippen LogP contribution in [0.4, 0.5) is 0 Å². The van der Waals surface area contributed by atoms with Crippen LogP contribution in [0.2, 0.25) is 0 Å². The Labute approximate surface area is 116 Å². The van der Waals surface area contributed by atoms with Gasteiger partial charge in [-0.25, -0.2) is 0 Å². The molecule has 9 heteroatoms. The van der Waals surface area contributed by atoms with Gasteiger partial charge in [0.25, 0.3) is 7.37 Å². The van der Waals surface area contributed by atoms with Crippen LogP contribution in [0, 0.1) is 0 Å². The van der Waals surface area contributed by atoms with E-state index in [-0.39, 0.29) is 18.6 Å². The summed E-state index contributed by atoms with van der Waals surface area (Å²) in [5.74, 6) is -2.48. The second-order valence-electron chi connectivity index (χ2n) is 3.53. The smallest absolute Gasteiger partial charge is 0.325 e. The summed E-state index contributed by atoms with van der Waals surface area (Å²) in [6, 6.07) is 4.69. The zero-order valence-electron chi connectivity index (χ0n) is 11.2. The van der Waals surface area contributed by atoms with Crippen molar-refractivity contribution < 1.29 is 18.6 Å². The number of aromatic nitrogens is 1. The Morgan fingerprint density at radius 1 is 1.50 bits per heavy atom. The minimum absolute atomic E-state index is 0.0623. The number of hydrogen-bond donors (Lipinski definition) is 0. The van der Waals surface area contributed by atoms with Crippen LogP contribution in [0.1, 0.15) is 13.8 Å². The molecule has 2 atom stereocenters. The molecule has 0 fully saturated rings. The van der Waals surface area contributed by atoms with Crippen molar-refractivity contribution in [2.24, 2.45) is 5.11 Å². The fraction of sp³-hybridized carbons (Fsp3) is 0.455. The zero-order chi connectivity index (χ0) is 15.0. The Balaban J connectivity index is 3.30. The van der Waals surface area contributed by atoms with E-state index in [1.165, 1.54) is 12.3 Å². The van der Waals surface area contributed by atoms with Crippen LogP contribution in [0.5, 0.6) is 0 Å². The maximum atomic E-state index is 13.0. The number of ether oxygens (including phenoxy) is 1. The maximum absolute atomic E-state index is 13.0. The van der Waals surface area contributed by atoms with Crippen molar-refractivity contribution in [1.29, 1.82) is 0 Å². The fourth-order valence-corrected chi connectivity index (χ4v) is 3.47. The van der Waals surface area contributed by atoms with Crippen molar-refractivity contribution >= 4 is 18.8 Å². The topological polar surface area (TPSA) is 114 Å². The molecule has 0 saturated carbocycles. The van der Waals surface area contributed by atoms with Gasteiger partial charge in [0.2, 0.25) is 5.78 Å². The molecule has 1 aromatic heterocycles. The van der Waals surface area contributed by atoms with Gasteiger partial charge in [-0.3, -0.25) is 14.3 Å². The molecule has 8 nitrogen and oxygen atoms in total. The Hall–Kier alpha value is -1.88. The summed E-state index contributed by atoms with van der Waals surface area (Å²) >= 11 is 0. The van der Waals surface area contributed by atoms with E-state index in [0.29, 0.717) is 0 Å². The monoisotopic (exact) mass is 298 g/mol. The van der Waals surface area contributed by atoms with Crippen molar-refractivity contribution in [3.63, 3.8) is 0 Å². The highest BCUT2D eigenvalue weighted by Gasteiger charge is 2.43. The molecule has 1 rings (SSSR count). The lowest BCUT2D eigenvalue weighted by molar-refractivity contribution is -0.142. The van der Waals surface area contributed by atoms with Crippen molar-refractivity contribution in [3.05, 3.63) is 34.8 Å². The first-order chi connectivity index (χ1) is 9.60. The predicted octanol–water partition coefficient (Wildman–Crippen LogP) is 2.22. The fourth-order valence-electron chi connectivity index (χ4n) is 1.51. The third-order valence-corrected chi connectivity index (χ3v) is 4.77. The number of carbonyl (C=O) groups excluding carboxylic acids is 1. The molecule has 0 spiro atoms. The molecular formula is C11H15N4O4P. The van der Waals surface area contributed by atoms with E-state index in [2.05, 4.69) is 15.0 Å². The number of pyridine rings is 1. The third-order valence-electron chi connectivity index (χ3n) is 2.27. The van der Waals surface area contributed by atoms with E-state index in [0.717, 1.165) is 0 Å². The minimum Gasteiger partial charge on any atom is -0.465 e. The summed E-state index contributed by atoms with van der Waals surface area (Å²) in [6.07, 6.45) is 1.42. The van der Waals surface area contributed by atoms with Crippen LogP contribution in [0.25, 0.3) is 10.4 Å². The normalized spacial score (nSPS) is 14.7. The van der Waals surface area contributed by atoms with Gasteiger partial charge in [-0.05, 0) is 31.5 Å². The van der Waals surface area contributed by atoms with Crippen LogP contribution >= 0.6 is 7.37 Å². The zero-order valence-corrected chi connectivity index (χ0v) is 12.1. The number of azide groups is 1. The standard InChI is InChI=1S/C11H15N4O4P/c1-3-18-11(16)10(14-15-12)20(17,19-4-2)9-7-5-6-8-13-9/h5-8,10H,3-4H2,1-2H3. The molecule has 0 aliphatic carbocycles.